The molecule has 1 amide bonds. The number of amides is 1. The zero-order chi connectivity index (χ0) is 24.6. The third-order valence-electron chi connectivity index (χ3n) is 4.89. The van der Waals surface area contributed by atoms with E-state index < -0.39 is 17.7 Å². The maximum atomic E-state index is 12.3. The van der Waals surface area contributed by atoms with Crippen LogP contribution in [0.1, 0.15) is 33.3 Å². The normalized spacial score (nSPS) is 15.5. The summed E-state index contributed by atoms with van der Waals surface area (Å²) >= 11 is 3.53. The Hall–Kier alpha value is -2.33. The van der Waals surface area contributed by atoms with Gasteiger partial charge in [0.25, 0.3) is 0 Å². The molecule has 0 saturated carbocycles. The molecule has 0 spiro atoms. The maximum Gasteiger partial charge on any atom is 0.407 e. The van der Waals surface area contributed by atoms with Crippen molar-refractivity contribution in [1.82, 2.24) is 10.4 Å². The Labute approximate surface area is 204 Å². The van der Waals surface area contributed by atoms with Crippen molar-refractivity contribution in [1.29, 1.82) is 0 Å². The van der Waals surface area contributed by atoms with Gasteiger partial charge < -0.3 is 31.0 Å². The zero-order valence-corrected chi connectivity index (χ0v) is 21.5. The van der Waals surface area contributed by atoms with Gasteiger partial charge in [-0.05, 0) is 57.0 Å². The molecular formula is C24H35BrN4O4. The van der Waals surface area contributed by atoms with Gasteiger partial charge in [-0.1, -0.05) is 34.2 Å². The van der Waals surface area contributed by atoms with Crippen molar-refractivity contribution in [3.05, 3.63) is 57.7 Å². The predicted octanol–water partition coefficient (Wildman–Crippen LogP) is 4.28. The Balaban J connectivity index is 2.33. The molecule has 1 aliphatic rings. The highest BCUT2D eigenvalue weighted by Crippen LogP contribution is 2.33. The van der Waals surface area contributed by atoms with E-state index in [9.17, 15) is 10.0 Å². The third-order valence-corrected chi connectivity index (χ3v) is 5.38. The molecule has 5 N–H and O–H groups in total. The minimum Gasteiger partial charge on any atom is -0.444 e. The summed E-state index contributed by atoms with van der Waals surface area (Å²) in [6, 6.07) is 5.39. The van der Waals surface area contributed by atoms with E-state index in [0.717, 1.165) is 26.9 Å². The summed E-state index contributed by atoms with van der Waals surface area (Å²) in [5.41, 5.74) is 9.56. The fourth-order valence-corrected chi connectivity index (χ4v) is 3.72. The van der Waals surface area contributed by atoms with Gasteiger partial charge in [-0.3, -0.25) is 0 Å². The first-order valence-electron chi connectivity index (χ1n) is 10.8. The van der Waals surface area contributed by atoms with Gasteiger partial charge in [0.2, 0.25) is 0 Å². The molecule has 2 rings (SSSR count). The molecular weight excluding hydrogens is 488 g/mol. The molecule has 1 atom stereocenters. The van der Waals surface area contributed by atoms with Crippen LogP contribution in [0.4, 0.5) is 10.5 Å². The Morgan fingerprint density at radius 3 is 2.79 bits per heavy atom. The van der Waals surface area contributed by atoms with Gasteiger partial charge in [-0.2, -0.15) is 5.06 Å². The summed E-state index contributed by atoms with van der Waals surface area (Å²) in [5.74, 6) is 0. The van der Waals surface area contributed by atoms with Crippen LogP contribution >= 0.6 is 15.9 Å². The fraction of sp³-hybridized carbons (Fsp3) is 0.458. The van der Waals surface area contributed by atoms with Gasteiger partial charge in [0, 0.05) is 41.6 Å². The smallest absolute Gasteiger partial charge is 0.407 e. The summed E-state index contributed by atoms with van der Waals surface area (Å²) in [4.78, 5) is 12.3. The summed E-state index contributed by atoms with van der Waals surface area (Å²) in [7, 11) is 1.61. The molecule has 0 saturated heterocycles. The zero-order valence-electron chi connectivity index (χ0n) is 19.9. The number of allylic oxidation sites excluding steroid dienone is 1. The Morgan fingerprint density at radius 2 is 2.15 bits per heavy atom. The lowest BCUT2D eigenvalue weighted by molar-refractivity contribution is -0.101. The van der Waals surface area contributed by atoms with Crippen LogP contribution in [0, 0.1) is 0 Å². The number of anilines is 1. The average Bonchev–Trinajstić information content (AvgIpc) is 2.72. The molecule has 182 valence electrons. The molecule has 1 heterocycles. The van der Waals surface area contributed by atoms with E-state index in [1.807, 2.05) is 36.4 Å². The Bertz CT molecular complexity index is 918. The second-order valence-electron chi connectivity index (χ2n) is 8.79. The molecule has 0 aromatic heterocycles. The SMILES string of the molecule is COC/C=C\C(CN(O)C(CNC(=O)OC(C)(C)C)C1=CCNc2ccc(Br)cc21)=C(/C)N. The van der Waals surface area contributed by atoms with Crippen molar-refractivity contribution in [3.8, 4) is 0 Å². The molecule has 9 heteroatoms. The van der Waals surface area contributed by atoms with E-state index in [0.29, 0.717) is 18.8 Å². The molecule has 0 radical (unpaired) electrons. The van der Waals surface area contributed by atoms with E-state index in [-0.39, 0.29) is 13.1 Å². The Morgan fingerprint density at radius 1 is 1.42 bits per heavy atom. The quantitative estimate of drug-likeness (QED) is 0.283. The van der Waals surface area contributed by atoms with Gasteiger partial charge >= 0.3 is 6.09 Å². The lowest BCUT2D eigenvalue weighted by atomic mass is 9.93. The topological polar surface area (TPSA) is 109 Å². The minimum atomic E-state index is -0.622. The van der Waals surface area contributed by atoms with Crippen molar-refractivity contribution in [3.63, 3.8) is 0 Å². The number of nitrogens with two attached hydrogens (primary N) is 1. The molecule has 33 heavy (non-hydrogen) atoms. The van der Waals surface area contributed by atoms with Gasteiger partial charge in [0.05, 0.1) is 19.2 Å². The van der Waals surface area contributed by atoms with E-state index in [1.54, 1.807) is 34.8 Å². The van der Waals surface area contributed by atoms with Crippen LogP contribution in [0.25, 0.3) is 5.57 Å². The molecule has 0 fully saturated rings. The lowest BCUT2D eigenvalue weighted by Gasteiger charge is -2.32. The predicted molar refractivity (Wildman–Crippen MR) is 135 cm³/mol. The van der Waals surface area contributed by atoms with Crippen LogP contribution in [0.5, 0.6) is 0 Å². The summed E-state index contributed by atoms with van der Waals surface area (Å²) in [6.07, 6.45) is 5.14. The molecule has 0 bridgehead atoms. The number of carbonyl (C=O) groups excluding carboxylic acids is 1. The van der Waals surface area contributed by atoms with E-state index in [1.165, 1.54) is 5.06 Å². The number of hydrogen-bond acceptors (Lipinski definition) is 7. The first-order valence-corrected chi connectivity index (χ1v) is 11.6. The number of hydroxylamine groups is 2. The summed E-state index contributed by atoms with van der Waals surface area (Å²) < 4.78 is 11.4. The number of hydrogen-bond donors (Lipinski definition) is 4. The van der Waals surface area contributed by atoms with E-state index >= 15 is 0 Å². The number of carbonyl (C=O) groups is 1. The minimum absolute atomic E-state index is 0.141. The number of rotatable bonds is 9. The third kappa shape index (κ3) is 8.51. The largest absolute Gasteiger partial charge is 0.444 e. The first-order chi connectivity index (χ1) is 15.5. The fourth-order valence-electron chi connectivity index (χ4n) is 3.36. The molecule has 1 aromatic carbocycles. The van der Waals surface area contributed by atoms with E-state index in [2.05, 4.69) is 26.6 Å². The average molecular weight is 523 g/mol. The number of fused-ring (bicyclic) bond motifs is 1. The van der Waals surface area contributed by atoms with Crippen LogP contribution in [0.15, 0.2) is 52.2 Å². The number of nitrogens with zero attached hydrogens (tertiary/aromatic N) is 1. The summed E-state index contributed by atoms with van der Waals surface area (Å²) in [5, 5.41) is 18.5. The second-order valence-corrected chi connectivity index (χ2v) is 9.71. The van der Waals surface area contributed by atoms with Crippen LogP contribution in [-0.4, -0.2) is 61.4 Å². The molecule has 1 unspecified atom stereocenters. The molecule has 0 aliphatic carbocycles. The number of alkyl carbamates (subject to hydrolysis) is 1. The van der Waals surface area contributed by atoms with Gasteiger partial charge in [0.15, 0.2) is 0 Å². The van der Waals surface area contributed by atoms with Crippen LogP contribution in [0.2, 0.25) is 0 Å². The molecule has 1 aromatic rings. The van der Waals surface area contributed by atoms with Crippen molar-refractivity contribution < 1.29 is 19.5 Å². The van der Waals surface area contributed by atoms with Gasteiger partial charge in [-0.25, -0.2) is 4.79 Å². The van der Waals surface area contributed by atoms with Gasteiger partial charge in [-0.15, -0.1) is 0 Å². The van der Waals surface area contributed by atoms with Crippen molar-refractivity contribution in [2.75, 3.05) is 38.7 Å². The monoisotopic (exact) mass is 522 g/mol. The number of ether oxygens (including phenoxy) is 2. The number of halogens is 1. The maximum absolute atomic E-state index is 12.3. The second kappa shape index (κ2) is 12.2. The lowest BCUT2D eigenvalue weighted by Crippen LogP contribution is -2.45. The van der Waals surface area contributed by atoms with Crippen LogP contribution < -0.4 is 16.4 Å². The van der Waals surface area contributed by atoms with Crippen molar-refractivity contribution in [2.45, 2.75) is 39.3 Å². The molecule has 8 nitrogen and oxygen atoms in total. The highest BCUT2D eigenvalue weighted by Gasteiger charge is 2.28. The first kappa shape index (κ1) is 26.9. The van der Waals surface area contributed by atoms with E-state index in [4.69, 9.17) is 15.2 Å². The summed E-state index contributed by atoms with van der Waals surface area (Å²) in [6.45, 7) is 8.54. The van der Waals surface area contributed by atoms with Gasteiger partial charge in [0.1, 0.15) is 5.60 Å². The van der Waals surface area contributed by atoms with Crippen molar-refractivity contribution in [2.24, 2.45) is 5.73 Å². The number of benzene rings is 1. The van der Waals surface area contributed by atoms with Crippen LogP contribution in [-0.2, 0) is 9.47 Å². The number of methoxy groups -OCH3 is 1. The highest BCUT2D eigenvalue weighted by atomic mass is 79.9. The molecule has 1 aliphatic heterocycles. The standard InChI is InChI=1S/C24H35BrN4O4/c1-16(26)17(7-6-12-32-5)15-29(31)22(14-28-23(30)33-24(2,3)4)19-10-11-27-21-9-8-18(25)13-20(19)21/h6-10,13,22,27,31H,11-12,14-15,26H2,1-5H3,(H,28,30)/b7-6-,17-16-. The highest BCUT2D eigenvalue weighted by molar-refractivity contribution is 9.10. The van der Waals surface area contributed by atoms with Crippen molar-refractivity contribution >= 4 is 33.3 Å². The Kier molecular flexibility index (Phi) is 9.97. The number of nitrogens with one attached hydrogen (secondary N) is 2. The van der Waals surface area contributed by atoms with Crippen LogP contribution in [0.3, 0.4) is 0 Å².